The van der Waals surface area contributed by atoms with Crippen molar-refractivity contribution in [2.75, 3.05) is 26.7 Å². The van der Waals surface area contributed by atoms with Crippen molar-refractivity contribution in [2.45, 2.75) is 25.6 Å². The molecule has 1 unspecified atom stereocenters. The molecule has 0 radical (unpaired) electrons. The van der Waals surface area contributed by atoms with Gasteiger partial charge in [0.25, 0.3) is 0 Å². The fourth-order valence-electron chi connectivity index (χ4n) is 2.43. The quantitative estimate of drug-likeness (QED) is 0.858. The van der Waals surface area contributed by atoms with Gasteiger partial charge < -0.3 is 19.6 Å². The molecule has 22 heavy (non-hydrogen) atoms. The molecule has 0 saturated carbocycles. The lowest BCUT2D eigenvalue weighted by Gasteiger charge is -2.24. The van der Waals surface area contributed by atoms with Crippen LogP contribution in [0.15, 0.2) is 30.3 Å². The average Bonchev–Trinajstić information content (AvgIpc) is 2.90. The number of aliphatic hydroxyl groups excluding tert-OH is 1. The summed E-state index contributed by atoms with van der Waals surface area (Å²) in [7, 11) is 1.57. The topological polar surface area (TPSA) is 70.1 Å². The van der Waals surface area contributed by atoms with E-state index in [1.54, 1.807) is 11.9 Å². The minimum atomic E-state index is -0.767. The van der Waals surface area contributed by atoms with Crippen molar-refractivity contribution >= 4 is 12.0 Å². The molecule has 2 amide bonds. The smallest absolute Gasteiger partial charge is 0.409 e. The highest BCUT2D eigenvalue weighted by molar-refractivity contribution is 5.78. The maximum Gasteiger partial charge on any atom is 0.409 e. The number of ether oxygens (including phenoxy) is 1. The second-order valence-corrected chi connectivity index (χ2v) is 5.52. The molecule has 0 aromatic heterocycles. The number of carbonyl (C=O) groups is 2. The lowest BCUT2D eigenvalue weighted by Crippen LogP contribution is -2.41. The molecule has 1 aliphatic rings. The second kappa shape index (κ2) is 7.79. The fraction of sp³-hybridized carbons (Fsp3) is 0.500. The predicted molar refractivity (Wildman–Crippen MR) is 81.1 cm³/mol. The molecule has 1 aliphatic heterocycles. The van der Waals surface area contributed by atoms with Crippen molar-refractivity contribution in [3.05, 3.63) is 35.9 Å². The zero-order chi connectivity index (χ0) is 15.9. The summed E-state index contributed by atoms with van der Waals surface area (Å²) in [5.74, 6) is 0.0633. The Morgan fingerprint density at radius 1 is 1.41 bits per heavy atom. The van der Waals surface area contributed by atoms with Crippen LogP contribution in [0.3, 0.4) is 0 Å². The van der Waals surface area contributed by atoms with Crippen LogP contribution in [-0.4, -0.2) is 59.7 Å². The molecule has 1 atom stereocenters. The number of rotatable bonds is 6. The number of likely N-dealkylation sites (N-methyl/N-ethyl adjacent to an activating group) is 1. The molecule has 0 bridgehead atoms. The van der Waals surface area contributed by atoms with Gasteiger partial charge in [0.2, 0.25) is 5.91 Å². The Hall–Kier alpha value is -2.08. The van der Waals surface area contributed by atoms with Crippen LogP contribution in [0.2, 0.25) is 0 Å². The van der Waals surface area contributed by atoms with Crippen LogP contribution in [0.1, 0.15) is 18.4 Å². The number of likely N-dealkylation sites (tertiary alicyclic amines) is 1. The fourth-order valence-corrected chi connectivity index (χ4v) is 2.43. The minimum Gasteiger partial charge on any atom is -0.445 e. The van der Waals surface area contributed by atoms with Gasteiger partial charge >= 0.3 is 6.09 Å². The molecule has 0 spiro atoms. The van der Waals surface area contributed by atoms with Crippen molar-refractivity contribution in [1.29, 1.82) is 0 Å². The number of hydrogen-bond acceptors (Lipinski definition) is 4. The molecule has 1 saturated heterocycles. The van der Waals surface area contributed by atoms with E-state index in [9.17, 15) is 14.7 Å². The number of β-amino-alcohol motifs (C(OH)–C–C–N with tert-alkyl or cyclic N) is 1. The first kappa shape index (κ1) is 16.3. The molecule has 1 N–H and O–H groups in total. The van der Waals surface area contributed by atoms with Gasteiger partial charge in [0.1, 0.15) is 6.61 Å². The monoisotopic (exact) mass is 306 g/mol. The first-order valence-electron chi connectivity index (χ1n) is 7.44. The van der Waals surface area contributed by atoms with E-state index < -0.39 is 12.2 Å². The summed E-state index contributed by atoms with van der Waals surface area (Å²) in [4.78, 5) is 26.3. The summed E-state index contributed by atoms with van der Waals surface area (Å²) in [5, 5.41) is 9.99. The number of aliphatic hydroxyl groups is 1. The Morgan fingerprint density at radius 2 is 2.14 bits per heavy atom. The highest BCUT2D eigenvalue weighted by Crippen LogP contribution is 2.10. The van der Waals surface area contributed by atoms with Crippen LogP contribution in [0.4, 0.5) is 4.79 Å². The number of benzene rings is 1. The van der Waals surface area contributed by atoms with Crippen molar-refractivity contribution in [1.82, 2.24) is 9.80 Å². The van der Waals surface area contributed by atoms with E-state index in [4.69, 9.17) is 4.74 Å². The van der Waals surface area contributed by atoms with Crippen LogP contribution in [0, 0.1) is 0 Å². The van der Waals surface area contributed by atoms with Gasteiger partial charge in [-0.1, -0.05) is 30.3 Å². The maximum atomic E-state index is 11.9. The normalized spacial score (nSPS) is 15.7. The third kappa shape index (κ3) is 4.73. The highest BCUT2D eigenvalue weighted by atomic mass is 16.6. The van der Waals surface area contributed by atoms with Crippen LogP contribution < -0.4 is 0 Å². The van der Waals surface area contributed by atoms with Crippen LogP contribution >= 0.6 is 0 Å². The van der Waals surface area contributed by atoms with Crippen molar-refractivity contribution < 1.29 is 19.4 Å². The SMILES string of the molecule is CN(CC(O)CN1CCCC1=O)C(=O)OCc1ccccc1. The summed E-state index contributed by atoms with van der Waals surface area (Å²) in [6.07, 6.45) is 0.120. The van der Waals surface area contributed by atoms with Crippen LogP contribution in [0.5, 0.6) is 0 Å². The molecule has 1 heterocycles. The zero-order valence-corrected chi connectivity index (χ0v) is 12.8. The summed E-state index contributed by atoms with van der Waals surface area (Å²) >= 11 is 0. The van der Waals surface area contributed by atoms with E-state index in [2.05, 4.69) is 0 Å². The summed E-state index contributed by atoms with van der Waals surface area (Å²) in [6.45, 7) is 1.27. The number of nitrogens with zero attached hydrogens (tertiary/aromatic N) is 2. The van der Waals surface area contributed by atoms with Gasteiger partial charge in [-0.25, -0.2) is 4.79 Å². The second-order valence-electron chi connectivity index (χ2n) is 5.52. The maximum absolute atomic E-state index is 11.9. The lowest BCUT2D eigenvalue weighted by molar-refractivity contribution is -0.129. The largest absolute Gasteiger partial charge is 0.445 e. The van der Waals surface area contributed by atoms with E-state index in [1.807, 2.05) is 30.3 Å². The van der Waals surface area contributed by atoms with Gasteiger partial charge in [0.05, 0.1) is 12.6 Å². The van der Waals surface area contributed by atoms with E-state index >= 15 is 0 Å². The Bertz CT molecular complexity index is 506. The summed E-state index contributed by atoms with van der Waals surface area (Å²) < 4.78 is 5.18. The van der Waals surface area contributed by atoms with Gasteiger partial charge in [0, 0.05) is 26.6 Å². The Morgan fingerprint density at radius 3 is 2.77 bits per heavy atom. The van der Waals surface area contributed by atoms with Gasteiger partial charge in [0.15, 0.2) is 0 Å². The molecule has 1 aromatic rings. The van der Waals surface area contributed by atoms with Gasteiger partial charge in [-0.05, 0) is 12.0 Å². The van der Waals surface area contributed by atoms with Crippen LogP contribution in [0.25, 0.3) is 0 Å². The average molecular weight is 306 g/mol. The minimum absolute atomic E-state index is 0.0633. The van der Waals surface area contributed by atoms with Gasteiger partial charge in [-0.15, -0.1) is 0 Å². The molecule has 6 heteroatoms. The van der Waals surface area contributed by atoms with Crippen molar-refractivity contribution in [3.63, 3.8) is 0 Å². The summed E-state index contributed by atoms with van der Waals surface area (Å²) in [5.41, 5.74) is 0.910. The molecule has 120 valence electrons. The van der Waals surface area contributed by atoms with E-state index in [1.165, 1.54) is 4.90 Å². The first-order valence-corrected chi connectivity index (χ1v) is 7.44. The van der Waals surface area contributed by atoms with Gasteiger partial charge in [-0.3, -0.25) is 4.79 Å². The third-order valence-electron chi connectivity index (χ3n) is 3.60. The standard InChI is InChI=1S/C16H22N2O4/c1-17(10-14(19)11-18-9-5-8-15(18)20)16(21)22-12-13-6-3-2-4-7-13/h2-4,6-7,14,19H,5,8-12H2,1H3. The molecule has 6 nitrogen and oxygen atoms in total. The lowest BCUT2D eigenvalue weighted by atomic mass is 10.2. The molecule has 2 rings (SSSR count). The molecule has 0 aliphatic carbocycles. The predicted octanol–water partition coefficient (Wildman–Crippen LogP) is 1.24. The van der Waals surface area contributed by atoms with E-state index in [-0.39, 0.29) is 25.6 Å². The van der Waals surface area contributed by atoms with Gasteiger partial charge in [-0.2, -0.15) is 0 Å². The van der Waals surface area contributed by atoms with Crippen molar-refractivity contribution in [2.24, 2.45) is 0 Å². The Balaban J connectivity index is 1.72. The number of hydrogen-bond donors (Lipinski definition) is 1. The molecule has 1 aromatic carbocycles. The van der Waals surface area contributed by atoms with Crippen LogP contribution in [-0.2, 0) is 16.1 Å². The number of carbonyl (C=O) groups excluding carboxylic acids is 2. The van der Waals surface area contributed by atoms with E-state index in [0.717, 1.165) is 12.0 Å². The van der Waals surface area contributed by atoms with E-state index in [0.29, 0.717) is 13.0 Å². The molecule has 1 fully saturated rings. The third-order valence-corrected chi connectivity index (χ3v) is 3.60. The van der Waals surface area contributed by atoms with Crippen molar-refractivity contribution in [3.8, 4) is 0 Å². The summed E-state index contributed by atoms with van der Waals surface area (Å²) in [6, 6.07) is 9.41. The molecular formula is C16H22N2O4. The zero-order valence-electron chi connectivity index (χ0n) is 12.8. The Kier molecular flexibility index (Phi) is 5.77. The highest BCUT2D eigenvalue weighted by Gasteiger charge is 2.24. The first-order chi connectivity index (χ1) is 10.6. The Labute approximate surface area is 130 Å². The molecular weight excluding hydrogens is 284 g/mol. The number of amides is 2.